The lowest BCUT2D eigenvalue weighted by Crippen LogP contribution is -2.43. The largest absolute Gasteiger partial charge is 0.463 e. The van der Waals surface area contributed by atoms with Gasteiger partial charge in [0.05, 0.1) is 12.0 Å². The molecule has 5 rings (SSSR count). The number of anilines is 1. The van der Waals surface area contributed by atoms with Gasteiger partial charge in [-0.25, -0.2) is 0 Å². The molecule has 7 heteroatoms. The van der Waals surface area contributed by atoms with Gasteiger partial charge < -0.3 is 19.4 Å². The summed E-state index contributed by atoms with van der Waals surface area (Å²) in [6, 6.07) is 14.0. The van der Waals surface area contributed by atoms with Gasteiger partial charge in [0.2, 0.25) is 5.91 Å². The van der Waals surface area contributed by atoms with E-state index in [0.717, 1.165) is 48.4 Å². The maximum atomic E-state index is 13.2. The molecule has 37 heavy (non-hydrogen) atoms. The quantitative estimate of drug-likeness (QED) is 0.582. The van der Waals surface area contributed by atoms with Crippen LogP contribution in [0, 0.1) is 5.92 Å². The van der Waals surface area contributed by atoms with Gasteiger partial charge >= 0.3 is 5.97 Å². The Morgan fingerprint density at radius 1 is 1.00 bits per heavy atom. The van der Waals surface area contributed by atoms with Crippen LogP contribution in [0.3, 0.4) is 0 Å². The molecule has 2 fully saturated rings. The second-order valence-electron chi connectivity index (χ2n) is 11.2. The highest BCUT2D eigenvalue weighted by Crippen LogP contribution is 2.41. The Morgan fingerprint density at radius 3 is 2.35 bits per heavy atom. The van der Waals surface area contributed by atoms with E-state index in [9.17, 15) is 14.4 Å². The molecule has 2 amide bonds. The lowest BCUT2D eigenvalue weighted by atomic mass is 9.84. The van der Waals surface area contributed by atoms with Crippen LogP contribution in [0.25, 0.3) is 11.1 Å². The van der Waals surface area contributed by atoms with E-state index < -0.39 is 5.92 Å². The van der Waals surface area contributed by atoms with Crippen molar-refractivity contribution < 1.29 is 19.1 Å². The Kier molecular flexibility index (Phi) is 6.84. The van der Waals surface area contributed by atoms with E-state index in [1.54, 1.807) is 11.8 Å². The van der Waals surface area contributed by atoms with Gasteiger partial charge in [-0.2, -0.15) is 0 Å². The number of benzene rings is 2. The molecule has 3 aliphatic heterocycles. The van der Waals surface area contributed by atoms with Gasteiger partial charge in [-0.1, -0.05) is 18.2 Å². The summed E-state index contributed by atoms with van der Waals surface area (Å²) in [6.45, 7) is 9.96. The Balaban J connectivity index is 1.40. The molecule has 0 N–H and O–H groups in total. The number of hydrogen-bond acceptors (Lipinski definition) is 5. The predicted molar refractivity (Wildman–Crippen MR) is 144 cm³/mol. The zero-order valence-electron chi connectivity index (χ0n) is 22.4. The molecule has 0 radical (unpaired) electrons. The first-order valence-corrected chi connectivity index (χ1v) is 13.4. The summed E-state index contributed by atoms with van der Waals surface area (Å²) in [6.07, 6.45) is 1.47. The van der Waals surface area contributed by atoms with Crippen molar-refractivity contribution in [2.24, 2.45) is 5.92 Å². The van der Waals surface area contributed by atoms with E-state index in [4.69, 9.17) is 4.74 Å². The van der Waals surface area contributed by atoms with Crippen molar-refractivity contribution in [1.29, 1.82) is 0 Å². The third kappa shape index (κ3) is 4.77. The molecule has 2 aromatic carbocycles. The maximum absolute atomic E-state index is 13.2. The Hall–Kier alpha value is -3.19. The van der Waals surface area contributed by atoms with Crippen molar-refractivity contribution in [2.75, 3.05) is 31.6 Å². The number of hydrogen-bond donors (Lipinski definition) is 0. The van der Waals surface area contributed by atoms with Gasteiger partial charge in [-0.15, -0.1) is 0 Å². The van der Waals surface area contributed by atoms with Gasteiger partial charge in [-0.3, -0.25) is 14.4 Å². The standard InChI is InChI=1S/C30H37N3O4/c1-18(2)37-30(36)26-14-19(3)33(20(4)34)27-11-10-23(15-25(26)27)21-6-8-22(9-7-21)29(35)32-16-24-12-13-31(5)28(24)17-32/h6-11,15,18-19,24,26,28H,12-14,16-17H2,1-5H3. The molecule has 0 bridgehead atoms. The molecule has 3 heterocycles. The predicted octanol–water partition coefficient (Wildman–Crippen LogP) is 4.31. The van der Waals surface area contributed by atoms with Crippen molar-refractivity contribution in [3.63, 3.8) is 0 Å². The summed E-state index contributed by atoms with van der Waals surface area (Å²) >= 11 is 0. The molecular weight excluding hydrogens is 466 g/mol. The monoisotopic (exact) mass is 503 g/mol. The first-order valence-electron chi connectivity index (χ1n) is 13.4. The summed E-state index contributed by atoms with van der Waals surface area (Å²) in [4.78, 5) is 44.8. The number of amides is 2. The van der Waals surface area contributed by atoms with E-state index in [-0.39, 0.29) is 29.9 Å². The van der Waals surface area contributed by atoms with Crippen LogP contribution in [0.15, 0.2) is 42.5 Å². The number of ether oxygens (including phenoxy) is 1. The minimum absolute atomic E-state index is 0.0442. The summed E-state index contributed by atoms with van der Waals surface area (Å²) in [5, 5.41) is 0. The lowest BCUT2D eigenvalue weighted by molar-refractivity contribution is -0.149. The minimum Gasteiger partial charge on any atom is -0.463 e. The van der Waals surface area contributed by atoms with Gasteiger partial charge in [0, 0.05) is 43.3 Å². The smallest absolute Gasteiger partial charge is 0.313 e. The van der Waals surface area contributed by atoms with Crippen LogP contribution in [0.5, 0.6) is 0 Å². The van der Waals surface area contributed by atoms with Crippen molar-refractivity contribution in [3.05, 3.63) is 53.6 Å². The highest BCUT2D eigenvalue weighted by molar-refractivity contribution is 5.97. The lowest BCUT2D eigenvalue weighted by Gasteiger charge is -2.38. The van der Waals surface area contributed by atoms with E-state index in [0.29, 0.717) is 23.9 Å². The van der Waals surface area contributed by atoms with Crippen LogP contribution in [0.2, 0.25) is 0 Å². The molecule has 7 nitrogen and oxygen atoms in total. The number of fused-ring (bicyclic) bond motifs is 2. The van der Waals surface area contributed by atoms with Crippen LogP contribution >= 0.6 is 0 Å². The molecule has 0 spiro atoms. The second-order valence-corrected chi connectivity index (χ2v) is 11.2. The average Bonchev–Trinajstić information content (AvgIpc) is 3.44. The maximum Gasteiger partial charge on any atom is 0.313 e. The molecule has 4 atom stereocenters. The fourth-order valence-corrected chi connectivity index (χ4v) is 6.39. The molecule has 2 saturated heterocycles. The normalized spacial score (nSPS) is 25.2. The second kappa shape index (κ2) is 9.93. The van der Waals surface area contributed by atoms with Crippen LogP contribution in [-0.4, -0.2) is 72.5 Å². The van der Waals surface area contributed by atoms with Gasteiger partial charge in [0.15, 0.2) is 0 Å². The number of carbonyl (C=O) groups is 3. The molecule has 2 aromatic rings. The minimum atomic E-state index is -0.434. The topological polar surface area (TPSA) is 70.2 Å². The van der Waals surface area contributed by atoms with E-state index in [1.165, 1.54) is 0 Å². The average molecular weight is 504 g/mol. The van der Waals surface area contributed by atoms with Crippen LogP contribution in [0.4, 0.5) is 5.69 Å². The first kappa shape index (κ1) is 25.5. The number of nitrogens with zero attached hydrogens (tertiary/aromatic N) is 3. The van der Waals surface area contributed by atoms with Crippen molar-refractivity contribution in [1.82, 2.24) is 9.80 Å². The Morgan fingerprint density at radius 2 is 1.70 bits per heavy atom. The summed E-state index contributed by atoms with van der Waals surface area (Å²) in [5.74, 6) is -0.0713. The number of likely N-dealkylation sites (N-methyl/N-ethyl adjacent to an activating group) is 1. The molecule has 4 unspecified atom stereocenters. The fraction of sp³-hybridized carbons (Fsp3) is 0.500. The highest BCUT2D eigenvalue weighted by atomic mass is 16.5. The number of likely N-dealkylation sites (tertiary alicyclic amines) is 2. The number of esters is 1. The van der Waals surface area contributed by atoms with Crippen LogP contribution < -0.4 is 4.90 Å². The zero-order chi connectivity index (χ0) is 26.4. The molecule has 0 aromatic heterocycles. The van der Waals surface area contributed by atoms with E-state index in [1.807, 2.05) is 68.1 Å². The van der Waals surface area contributed by atoms with E-state index >= 15 is 0 Å². The number of rotatable bonds is 4. The molecule has 0 aliphatic carbocycles. The highest BCUT2D eigenvalue weighted by Gasteiger charge is 2.41. The molecular formula is C30H37N3O4. The molecule has 0 saturated carbocycles. The van der Waals surface area contributed by atoms with Crippen molar-refractivity contribution >= 4 is 23.5 Å². The zero-order valence-corrected chi connectivity index (χ0v) is 22.4. The first-order chi connectivity index (χ1) is 17.6. The number of carbonyl (C=O) groups excluding carboxylic acids is 3. The Bertz CT molecular complexity index is 1210. The summed E-state index contributed by atoms with van der Waals surface area (Å²) in [5.41, 5.74) is 4.16. The van der Waals surface area contributed by atoms with Crippen LogP contribution in [-0.2, 0) is 14.3 Å². The van der Waals surface area contributed by atoms with E-state index in [2.05, 4.69) is 11.9 Å². The summed E-state index contributed by atoms with van der Waals surface area (Å²) < 4.78 is 5.57. The van der Waals surface area contributed by atoms with Gasteiger partial charge in [-0.05, 0) is 94.1 Å². The molecule has 196 valence electrons. The van der Waals surface area contributed by atoms with Crippen molar-refractivity contribution in [2.45, 2.75) is 64.6 Å². The van der Waals surface area contributed by atoms with Gasteiger partial charge in [0.25, 0.3) is 5.91 Å². The van der Waals surface area contributed by atoms with Crippen molar-refractivity contribution in [3.8, 4) is 11.1 Å². The third-order valence-corrected chi connectivity index (χ3v) is 8.23. The molecule has 3 aliphatic rings. The van der Waals surface area contributed by atoms with Crippen LogP contribution in [0.1, 0.15) is 62.4 Å². The SMILES string of the molecule is CC(=O)N1c2ccc(-c3ccc(C(=O)N4CC5CCN(C)C5C4)cc3)cc2C(C(=O)OC(C)C)CC1C. The van der Waals surface area contributed by atoms with Gasteiger partial charge in [0.1, 0.15) is 0 Å². The summed E-state index contributed by atoms with van der Waals surface area (Å²) in [7, 11) is 2.15. The third-order valence-electron chi connectivity index (χ3n) is 8.23. The Labute approximate surface area is 219 Å². The fourth-order valence-electron chi connectivity index (χ4n) is 6.39.